The first kappa shape index (κ1) is 31.0. The molecule has 0 atom stereocenters. The normalized spacial score (nSPS) is 10.8. The van der Waals surface area contributed by atoms with Gasteiger partial charge in [0.2, 0.25) is 5.71 Å². The van der Waals surface area contributed by atoms with Crippen LogP contribution in [0.5, 0.6) is 0 Å². The summed E-state index contributed by atoms with van der Waals surface area (Å²) in [6, 6.07) is 39.1. The third kappa shape index (κ3) is 6.86. The van der Waals surface area contributed by atoms with Gasteiger partial charge in [0.25, 0.3) is 0 Å². The first-order valence-corrected chi connectivity index (χ1v) is 14.6. The Balaban J connectivity index is 0.000000230. The van der Waals surface area contributed by atoms with E-state index in [1.165, 1.54) is 22.3 Å². The molecule has 7 rings (SSSR count). The van der Waals surface area contributed by atoms with Crippen molar-refractivity contribution in [1.82, 2.24) is 15.0 Å². The maximum Gasteiger partial charge on any atom is 0.216 e. The summed E-state index contributed by atoms with van der Waals surface area (Å²) in [5.74, 6) is 0.434. The first-order valence-electron chi connectivity index (χ1n) is 14.6. The SMILES string of the molecule is Cc1ccc(-c2[c-]cccc2)nc1.Cc1cnc(-c2[c-]ccc3c2oc2nc(Cc4ccccc4)ccc23)cc1C(C)C.[Ir]. The van der Waals surface area contributed by atoms with Crippen molar-refractivity contribution in [3.8, 4) is 22.5 Å². The quantitative estimate of drug-likeness (QED) is 0.165. The van der Waals surface area contributed by atoms with E-state index >= 15 is 0 Å². The molecule has 0 bridgehead atoms. The van der Waals surface area contributed by atoms with Crippen molar-refractivity contribution in [1.29, 1.82) is 0 Å². The fraction of sp³-hybridized carbons (Fsp3) is 0.154. The second kappa shape index (κ2) is 13.9. The molecule has 4 aromatic heterocycles. The predicted molar refractivity (Wildman–Crippen MR) is 175 cm³/mol. The monoisotopic (exact) mass is 752 g/mol. The van der Waals surface area contributed by atoms with E-state index in [9.17, 15) is 0 Å². The van der Waals surface area contributed by atoms with Crippen molar-refractivity contribution in [2.24, 2.45) is 0 Å². The van der Waals surface area contributed by atoms with Crippen LogP contribution in [0.4, 0.5) is 0 Å². The van der Waals surface area contributed by atoms with Crippen molar-refractivity contribution < 1.29 is 24.5 Å². The molecule has 4 nitrogen and oxygen atoms in total. The standard InChI is InChI=1S/C27H23N2O.C12H10N.Ir/c1-17(2)24-15-25(28-16-18(24)3)23-11-7-10-21-22-13-12-20(29-27(22)30-26(21)23)14-19-8-5-4-6-9-19;1-10-7-8-12(13-9-10)11-5-3-2-4-6-11;/h4-10,12-13,15-17H,14H2,1-3H3;2-5,7-9H,1H3;/q2*-1;. The van der Waals surface area contributed by atoms with Gasteiger partial charge < -0.3 is 14.4 Å². The fourth-order valence-electron chi connectivity index (χ4n) is 5.23. The molecule has 221 valence electrons. The van der Waals surface area contributed by atoms with Crippen molar-refractivity contribution >= 4 is 22.1 Å². The Labute approximate surface area is 272 Å². The molecule has 5 heteroatoms. The molecule has 0 spiro atoms. The summed E-state index contributed by atoms with van der Waals surface area (Å²) in [6.07, 6.45) is 4.59. The van der Waals surface area contributed by atoms with Crippen molar-refractivity contribution in [2.45, 2.75) is 40.0 Å². The molecule has 44 heavy (non-hydrogen) atoms. The van der Waals surface area contributed by atoms with Crippen molar-refractivity contribution in [3.05, 3.63) is 150 Å². The maximum atomic E-state index is 6.26. The molecule has 0 unspecified atom stereocenters. The van der Waals surface area contributed by atoms with Gasteiger partial charge in [-0.25, -0.2) is 4.98 Å². The Morgan fingerprint density at radius 1 is 0.750 bits per heavy atom. The number of benzene rings is 3. The van der Waals surface area contributed by atoms with Gasteiger partial charge in [0.1, 0.15) is 0 Å². The van der Waals surface area contributed by atoms with E-state index in [1.54, 1.807) is 0 Å². The zero-order valence-corrected chi connectivity index (χ0v) is 27.7. The van der Waals surface area contributed by atoms with Gasteiger partial charge in [0.15, 0.2) is 0 Å². The molecule has 0 saturated carbocycles. The van der Waals surface area contributed by atoms with Gasteiger partial charge in [-0.1, -0.05) is 73.3 Å². The summed E-state index contributed by atoms with van der Waals surface area (Å²) in [5, 5.41) is 2.07. The number of rotatable bonds is 5. The van der Waals surface area contributed by atoms with Crippen LogP contribution in [-0.2, 0) is 26.5 Å². The van der Waals surface area contributed by atoms with E-state index in [0.717, 1.165) is 51.0 Å². The number of hydrogen-bond donors (Lipinski definition) is 0. The fourth-order valence-corrected chi connectivity index (χ4v) is 5.23. The summed E-state index contributed by atoms with van der Waals surface area (Å²) in [4.78, 5) is 13.8. The number of furan rings is 1. The summed E-state index contributed by atoms with van der Waals surface area (Å²) in [5.41, 5.74) is 11.2. The summed E-state index contributed by atoms with van der Waals surface area (Å²) in [7, 11) is 0. The van der Waals surface area contributed by atoms with Crippen molar-refractivity contribution in [3.63, 3.8) is 0 Å². The zero-order valence-electron chi connectivity index (χ0n) is 25.3. The minimum atomic E-state index is 0. The molecule has 0 fully saturated rings. The Hall–Kier alpha value is -4.44. The number of hydrogen-bond acceptors (Lipinski definition) is 4. The van der Waals surface area contributed by atoms with E-state index < -0.39 is 0 Å². The third-order valence-electron chi connectivity index (χ3n) is 7.50. The zero-order chi connectivity index (χ0) is 29.8. The Morgan fingerprint density at radius 2 is 1.55 bits per heavy atom. The smallest absolute Gasteiger partial charge is 0.216 e. The summed E-state index contributed by atoms with van der Waals surface area (Å²) >= 11 is 0. The van der Waals surface area contributed by atoms with Crippen LogP contribution in [0.3, 0.4) is 0 Å². The third-order valence-corrected chi connectivity index (χ3v) is 7.50. The molecular formula is C39H33IrN3O-2. The Morgan fingerprint density at radius 3 is 2.27 bits per heavy atom. The molecule has 4 heterocycles. The van der Waals surface area contributed by atoms with E-state index in [1.807, 2.05) is 67.8 Å². The Bertz CT molecular complexity index is 1980. The summed E-state index contributed by atoms with van der Waals surface area (Å²) < 4.78 is 6.26. The minimum absolute atomic E-state index is 0. The number of pyridine rings is 3. The van der Waals surface area contributed by atoms with Gasteiger partial charge in [-0.2, -0.15) is 0 Å². The van der Waals surface area contributed by atoms with E-state index in [0.29, 0.717) is 11.6 Å². The molecule has 0 N–H and O–H groups in total. The molecule has 3 aromatic carbocycles. The van der Waals surface area contributed by atoms with Gasteiger partial charge in [0.05, 0.1) is 5.58 Å². The number of aromatic nitrogens is 3. The number of nitrogens with zero attached hydrogens (tertiary/aromatic N) is 3. The number of fused-ring (bicyclic) bond motifs is 3. The average Bonchev–Trinajstić information content (AvgIpc) is 3.41. The largest absolute Gasteiger partial charge is 0.486 e. The van der Waals surface area contributed by atoms with Crippen LogP contribution in [0.2, 0.25) is 0 Å². The molecule has 0 aliphatic rings. The molecule has 7 aromatic rings. The van der Waals surface area contributed by atoms with Crippen LogP contribution >= 0.6 is 0 Å². The number of aryl methyl sites for hydroxylation is 2. The molecule has 0 aliphatic heterocycles. The average molecular weight is 752 g/mol. The van der Waals surface area contributed by atoms with Crippen LogP contribution in [0.1, 0.15) is 47.7 Å². The van der Waals surface area contributed by atoms with E-state index in [2.05, 4.69) is 91.4 Å². The van der Waals surface area contributed by atoms with Gasteiger partial charge in [-0.05, 0) is 65.5 Å². The van der Waals surface area contributed by atoms with Crippen LogP contribution in [0.15, 0.2) is 114 Å². The van der Waals surface area contributed by atoms with Crippen LogP contribution in [0.25, 0.3) is 44.6 Å². The molecule has 0 saturated heterocycles. The minimum Gasteiger partial charge on any atom is -0.486 e. The van der Waals surface area contributed by atoms with Gasteiger partial charge >= 0.3 is 0 Å². The van der Waals surface area contributed by atoms with Crippen LogP contribution < -0.4 is 0 Å². The molecular weight excluding hydrogens is 719 g/mol. The molecule has 1 radical (unpaired) electrons. The predicted octanol–water partition coefficient (Wildman–Crippen LogP) is 9.72. The van der Waals surface area contributed by atoms with E-state index in [4.69, 9.17) is 9.40 Å². The molecule has 0 amide bonds. The van der Waals surface area contributed by atoms with Gasteiger partial charge in [-0.15, -0.1) is 54.1 Å². The van der Waals surface area contributed by atoms with Crippen molar-refractivity contribution in [2.75, 3.05) is 0 Å². The van der Waals surface area contributed by atoms with Crippen LogP contribution in [0, 0.1) is 26.0 Å². The summed E-state index contributed by atoms with van der Waals surface area (Å²) in [6.45, 7) is 8.55. The van der Waals surface area contributed by atoms with Gasteiger partial charge in [0, 0.05) is 50.0 Å². The second-order valence-corrected chi connectivity index (χ2v) is 11.1. The maximum absolute atomic E-state index is 6.26. The Kier molecular flexibility index (Phi) is 9.79. The van der Waals surface area contributed by atoms with Gasteiger partial charge in [-0.3, -0.25) is 0 Å². The second-order valence-electron chi connectivity index (χ2n) is 11.1. The molecule has 0 aliphatic carbocycles. The van der Waals surface area contributed by atoms with E-state index in [-0.39, 0.29) is 20.1 Å². The topological polar surface area (TPSA) is 51.8 Å². The van der Waals surface area contributed by atoms with Crippen LogP contribution in [-0.4, -0.2) is 15.0 Å². The first-order chi connectivity index (χ1) is 21.0.